The Labute approximate surface area is 140 Å². The molecule has 0 bridgehead atoms. The molecular formula is C17H32N4S. The molecule has 126 valence electrons. The number of likely N-dealkylation sites (N-methyl/N-ethyl adjacent to an activating group) is 1. The number of aliphatic imine (C=N–C) groups is 1. The van der Waals surface area contributed by atoms with Gasteiger partial charge in [-0.05, 0) is 50.9 Å². The smallest absolute Gasteiger partial charge is 0.193 e. The summed E-state index contributed by atoms with van der Waals surface area (Å²) in [7, 11) is 6.39. The highest BCUT2D eigenvalue weighted by molar-refractivity contribution is 7.99. The number of likely N-dealkylation sites (tertiary alicyclic amines) is 1. The standard InChI is InChI=1S/C17H32N4S/c1-18-16(19-12-17(20(2)3)8-9-22-13-17)21-10-14-6-4-5-7-15(14)11-21/h14-15H,4-13H2,1-3H3,(H,18,19). The van der Waals surface area contributed by atoms with Crippen LogP contribution >= 0.6 is 11.8 Å². The summed E-state index contributed by atoms with van der Waals surface area (Å²) in [4.78, 5) is 9.52. The van der Waals surface area contributed by atoms with E-state index in [2.05, 4.69) is 46.0 Å². The topological polar surface area (TPSA) is 30.9 Å². The molecule has 0 amide bonds. The van der Waals surface area contributed by atoms with E-state index in [1.807, 2.05) is 7.05 Å². The Morgan fingerprint density at radius 3 is 2.45 bits per heavy atom. The third-order valence-electron chi connectivity index (χ3n) is 6.09. The Hall–Kier alpha value is -0.420. The van der Waals surface area contributed by atoms with Crippen molar-refractivity contribution in [3.63, 3.8) is 0 Å². The molecule has 3 aliphatic rings. The summed E-state index contributed by atoms with van der Waals surface area (Å²) in [5, 5.41) is 3.71. The summed E-state index contributed by atoms with van der Waals surface area (Å²) < 4.78 is 0. The number of fused-ring (bicyclic) bond motifs is 1. The van der Waals surface area contributed by atoms with E-state index < -0.39 is 0 Å². The molecule has 0 aromatic rings. The Morgan fingerprint density at radius 1 is 1.27 bits per heavy atom. The van der Waals surface area contributed by atoms with Gasteiger partial charge in [-0.15, -0.1) is 0 Å². The lowest BCUT2D eigenvalue weighted by Crippen LogP contribution is -2.55. The van der Waals surface area contributed by atoms with E-state index in [9.17, 15) is 0 Å². The molecule has 3 atom stereocenters. The van der Waals surface area contributed by atoms with E-state index in [1.54, 1.807) is 0 Å². The molecule has 0 aromatic carbocycles. The van der Waals surface area contributed by atoms with Gasteiger partial charge in [0.05, 0.1) is 0 Å². The second-order valence-electron chi connectivity index (χ2n) is 7.53. The van der Waals surface area contributed by atoms with E-state index in [0.29, 0.717) is 5.54 Å². The van der Waals surface area contributed by atoms with Crippen molar-refractivity contribution in [1.29, 1.82) is 0 Å². The summed E-state index contributed by atoms with van der Waals surface area (Å²) >= 11 is 2.08. The maximum Gasteiger partial charge on any atom is 0.193 e. The van der Waals surface area contributed by atoms with E-state index in [-0.39, 0.29) is 0 Å². The van der Waals surface area contributed by atoms with Crippen molar-refractivity contribution in [2.24, 2.45) is 16.8 Å². The van der Waals surface area contributed by atoms with Gasteiger partial charge in [-0.2, -0.15) is 11.8 Å². The van der Waals surface area contributed by atoms with Crippen LogP contribution in [-0.4, -0.2) is 73.6 Å². The highest BCUT2D eigenvalue weighted by atomic mass is 32.2. The normalized spacial score (nSPS) is 36.0. The molecule has 0 aromatic heterocycles. The monoisotopic (exact) mass is 324 g/mol. The predicted molar refractivity (Wildman–Crippen MR) is 96.7 cm³/mol. The predicted octanol–water partition coefficient (Wildman–Crippen LogP) is 2.12. The van der Waals surface area contributed by atoms with Crippen LogP contribution in [0.15, 0.2) is 4.99 Å². The molecule has 3 unspecified atom stereocenters. The van der Waals surface area contributed by atoms with Gasteiger partial charge < -0.3 is 15.1 Å². The summed E-state index contributed by atoms with van der Waals surface area (Å²) in [6, 6.07) is 0. The zero-order chi connectivity index (χ0) is 15.6. The minimum absolute atomic E-state index is 0.299. The molecule has 22 heavy (non-hydrogen) atoms. The van der Waals surface area contributed by atoms with Crippen LogP contribution in [0.4, 0.5) is 0 Å². The molecule has 0 spiro atoms. The van der Waals surface area contributed by atoms with Gasteiger partial charge in [0.1, 0.15) is 0 Å². The summed E-state index contributed by atoms with van der Waals surface area (Å²) in [6.07, 6.45) is 7.00. The second-order valence-corrected chi connectivity index (χ2v) is 8.64. The fourth-order valence-corrected chi connectivity index (χ4v) is 5.95. The molecule has 1 saturated carbocycles. The largest absolute Gasteiger partial charge is 0.354 e. The highest BCUT2D eigenvalue weighted by Crippen LogP contribution is 2.36. The summed E-state index contributed by atoms with van der Waals surface area (Å²) in [5.41, 5.74) is 0.299. The number of guanidine groups is 1. The first-order valence-electron chi connectivity index (χ1n) is 8.85. The SMILES string of the molecule is CN=C(NCC1(N(C)C)CCSC1)N1CC2CCCCC2C1. The molecule has 5 heteroatoms. The van der Waals surface area contributed by atoms with Crippen LogP contribution in [0.5, 0.6) is 0 Å². The minimum Gasteiger partial charge on any atom is -0.354 e. The Balaban J connectivity index is 1.58. The fourth-order valence-electron chi connectivity index (χ4n) is 4.40. The summed E-state index contributed by atoms with van der Waals surface area (Å²) in [6.45, 7) is 3.45. The van der Waals surface area contributed by atoms with E-state index >= 15 is 0 Å². The van der Waals surface area contributed by atoms with Crippen molar-refractivity contribution in [3.8, 4) is 0 Å². The first-order chi connectivity index (χ1) is 10.6. The first-order valence-corrected chi connectivity index (χ1v) is 10.0. The van der Waals surface area contributed by atoms with Crippen LogP contribution in [0.25, 0.3) is 0 Å². The van der Waals surface area contributed by atoms with Gasteiger partial charge in [0, 0.05) is 38.0 Å². The van der Waals surface area contributed by atoms with E-state index in [0.717, 1.165) is 24.3 Å². The van der Waals surface area contributed by atoms with Gasteiger partial charge in [-0.25, -0.2) is 0 Å². The zero-order valence-corrected chi connectivity index (χ0v) is 15.3. The van der Waals surface area contributed by atoms with Crippen molar-refractivity contribution in [1.82, 2.24) is 15.1 Å². The average molecular weight is 325 g/mol. The van der Waals surface area contributed by atoms with Crippen molar-refractivity contribution in [3.05, 3.63) is 0 Å². The highest BCUT2D eigenvalue weighted by Gasteiger charge is 2.39. The molecule has 0 radical (unpaired) electrons. The molecule has 4 nitrogen and oxygen atoms in total. The number of hydrogen-bond acceptors (Lipinski definition) is 3. The molecule has 1 aliphatic carbocycles. The van der Waals surface area contributed by atoms with Crippen LogP contribution in [0.1, 0.15) is 32.1 Å². The third-order valence-corrected chi connectivity index (χ3v) is 7.33. The molecule has 1 N–H and O–H groups in total. The first kappa shape index (κ1) is 16.4. The maximum absolute atomic E-state index is 4.59. The molecule has 2 saturated heterocycles. The van der Waals surface area contributed by atoms with E-state index in [4.69, 9.17) is 0 Å². The molecule has 3 fully saturated rings. The van der Waals surface area contributed by atoms with Crippen LogP contribution in [0.3, 0.4) is 0 Å². The Kier molecular flexibility index (Phi) is 5.23. The molecule has 2 aliphatic heterocycles. The molecule has 2 heterocycles. The summed E-state index contributed by atoms with van der Waals surface area (Å²) in [5.74, 6) is 5.48. The second kappa shape index (κ2) is 7.00. The van der Waals surface area contributed by atoms with Gasteiger partial charge in [0.15, 0.2) is 5.96 Å². The number of hydrogen-bond donors (Lipinski definition) is 1. The average Bonchev–Trinajstić information content (AvgIpc) is 3.15. The number of nitrogens with one attached hydrogen (secondary N) is 1. The van der Waals surface area contributed by atoms with Gasteiger partial charge in [-0.1, -0.05) is 12.8 Å². The van der Waals surface area contributed by atoms with Crippen molar-refractivity contribution in [2.75, 3.05) is 52.3 Å². The van der Waals surface area contributed by atoms with Crippen LogP contribution in [0, 0.1) is 11.8 Å². The van der Waals surface area contributed by atoms with Crippen molar-refractivity contribution in [2.45, 2.75) is 37.6 Å². The van der Waals surface area contributed by atoms with Gasteiger partial charge >= 0.3 is 0 Å². The number of rotatable bonds is 3. The van der Waals surface area contributed by atoms with Crippen molar-refractivity contribution < 1.29 is 0 Å². The number of thioether (sulfide) groups is 1. The van der Waals surface area contributed by atoms with Gasteiger partial charge in [-0.3, -0.25) is 4.99 Å². The van der Waals surface area contributed by atoms with Gasteiger partial charge in [0.25, 0.3) is 0 Å². The van der Waals surface area contributed by atoms with Crippen LogP contribution in [0.2, 0.25) is 0 Å². The van der Waals surface area contributed by atoms with Gasteiger partial charge in [0.2, 0.25) is 0 Å². The van der Waals surface area contributed by atoms with Crippen LogP contribution < -0.4 is 5.32 Å². The lowest BCUT2D eigenvalue weighted by Gasteiger charge is -2.37. The van der Waals surface area contributed by atoms with Crippen LogP contribution in [-0.2, 0) is 0 Å². The Bertz CT molecular complexity index is 389. The lowest BCUT2D eigenvalue weighted by molar-refractivity contribution is 0.181. The molecule has 3 rings (SSSR count). The quantitative estimate of drug-likeness (QED) is 0.636. The maximum atomic E-state index is 4.59. The molecular weight excluding hydrogens is 292 g/mol. The third kappa shape index (κ3) is 3.25. The minimum atomic E-state index is 0.299. The zero-order valence-electron chi connectivity index (χ0n) is 14.5. The number of nitrogens with zero attached hydrogens (tertiary/aromatic N) is 3. The Morgan fingerprint density at radius 2 is 1.95 bits per heavy atom. The van der Waals surface area contributed by atoms with E-state index in [1.165, 1.54) is 56.7 Å². The lowest BCUT2D eigenvalue weighted by atomic mass is 9.82. The van der Waals surface area contributed by atoms with Crippen molar-refractivity contribution >= 4 is 17.7 Å². The fraction of sp³-hybridized carbons (Fsp3) is 0.941.